The summed E-state index contributed by atoms with van der Waals surface area (Å²) in [6.45, 7) is 8.52. The zero-order chi connectivity index (χ0) is 38.6. The van der Waals surface area contributed by atoms with Crippen LogP contribution in [0.3, 0.4) is 0 Å². The molecule has 8 rings (SSSR count). The Kier molecular flexibility index (Phi) is 10.5. The monoisotopic (exact) mass is 760 g/mol. The molecular weight excluding hydrogens is 716 g/mol. The Morgan fingerprint density at radius 3 is 0.821 bits per heavy atom. The topological polar surface area (TPSA) is 6.48 Å². The predicted molar refractivity (Wildman–Crippen MR) is 243 cm³/mol. The van der Waals surface area contributed by atoms with Gasteiger partial charge in [0, 0.05) is 22.7 Å². The molecule has 0 heterocycles. The average Bonchev–Trinajstić information content (AvgIpc) is 3.23. The van der Waals surface area contributed by atoms with Gasteiger partial charge in [-0.15, -0.1) is 0 Å². The molecule has 0 radical (unpaired) electrons. The van der Waals surface area contributed by atoms with Crippen LogP contribution in [0.1, 0.15) is 22.3 Å². The summed E-state index contributed by atoms with van der Waals surface area (Å²) in [7, 11) is -3.03. The van der Waals surface area contributed by atoms with E-state index in [1.807, 2.05) is 0 Å². The average molecular weight is 761 g/mol. The van der Waals surface area contributed by atoms with Crippen molar-refractivity contribution in [3.05, 3.63) is 227 Å². The first-order valence-electron chi connectivity index (χ1n) is 19.2. The summed E-state index contributed by atoms with van der Waals surface area (Å²) in [4.78, 5) is 4.66. The van der Waals surface area contributed by atoms with Gasteiger partial charge in [-0.3, -0.25) is 0 Å². The van der Waals surface area contributed by atoms with Gasteiger partial charge in [0.05, 0.1) is 16.4 Å². The van der Waals surface area contributed by atoms with E-state index < -0.39 is 8.07 Å². The maximum absolute atomic E-state index is 8.02. The van der Waals surface area contributed by atoms with Crippen LogP contribution in [0.5, 0.6) is 0 Å². The molecule has 0 atom stereocenters. The van der Waals surface area contributed by atoms with E-state index in [4.69, 9.17) is 11.6 Å². The molecule has 56 heavy (non-hydrogen) atoms. The molecule has 0 aliphatic carbocycles. The van der Waals surface area contributed by atoms with Crippen LogP contribution in [0.4, 0.5) is 34.1 Å². The summed E-state index contributed by atoms with van der Waals surface area (Å²) >= 11 is 8.02. The zero-order valence-electron chi connectivity index (χ0n) is 32.3. The third kappa shape index (κ3) is 7.08. The summed E-state index contributed by atoms with van der Waals surface area (Å²) in [6, 6.07) is 73.1. The van der Waals surface area contributed by atoms with Crippen LogP contribution in [0.25, 0.3) is 0 Å². The lowest BCUT2D eigenvalue weighted by atomic mass is 10.1. The van der Waals surface area contributed by atoms with Crippen LogP contribution in [-0.2, 0) is 0 Å². The van der Waals surface area contributed by atoms with E-state index in [1.165, 1.54) is 43.0 Å². The van der Waals surface area contributed by atoms with E-state index in [1.54, 1.807) is 0 Å². The van der Waals surface area contributed by atoms with Crippen molar-refractivity contribution in [1.82, 2.24) is 0 Å². The molecule has 4 heteroatoms. The Morgan fingerprint density at radius 2 is 0.571 bits per heavy atom. The molecule has 0 aliphatic rings. The Bertz CT molecular complexity index is 2230. The van der Waals surface area contributed by atoms with Crippen LogP contribution in [0.2, 0.25) is 5.02 Å². The summed E-state index contributed by atoms with van der Waals surface area (Å²) in [6.07, 6.45) is 0. The van der Waals surface area contributed by atoms with E-state index in [0.29, 0.717) is 5.02 Å². The number of aryl methyl sites for hydroxylation is 4. The number of benzene rings is 8. The number of hydrogen-bond acceptors (Lipinski definition) is 2. The van der Waals surface area contributed by atoms with Gasteiger partial charge < -0.3 is 9.80 Å². The lowest BCUT2D eigenvalue weighted by molar-refractivity contribution is 1.24. The molecule has 2 nitrogen and oxygen atoms in total. The first-order chi connectivity index (χ1) is 27.3. The lowest BCUT2D eigenvalue weighted by Gasteiger charge is -2.38. The molecule has 0 aromatic heterocycles. The quantitative estimate of drug-likeness (QED) is 0.101. The second kappa shape index (κ2) is 15.9. The zero-order valence-corrected chi connectivity index (χ0v) is 34.1. The van der Waals surface area contributed by atoms with Crippen molar-refractivity contribution in [1.29, 1.82) is 0 Å². The Morgan fingerprint density at radius 1 is 0.321 bits per heavy atom. The van der Waals surface area contributed by atoms with Crippen molar-refractivity contribution in [3.8, 4) is 0 Å². The van der Waals surface area contributed by atoms with Crippen LogP contribution in [-0.4, -0.2) is 8.07 Å². The van der Waals surface area contributed by atoms with E-state index >= 15 is 0 Å². The van der Waals surface area contributed by atoms with Crippen molar-refractivity contribution in [3.63, 3.8) is 0 Å². The first kappa shape index (κ1) is 36.8. The maximum atomic E-state index is 8.02. The highest BCUT2D eigenvalue weighted by Crippen LogP contribution is 2.46. The summed E-state index contributed by atoms with van der Waals surface area (Å²) < 4.78 is 0. The third-order valence-electron chi connectivity index (χ3n) is 10.7. The smallest absolute Gasteiger partial charge is 0.179 e. The Labute approximate surface area is 337 Å². The molecule has 0 saturated heterocycles. The first-order valence-corrected chi connectivity index (χ1v) is 21.6. The molecule has 0 N–H and O–H groups in total. The van der Waals surface area contributed by atoms with Crippen LogP contribution >= 0.6 is 11.6 Å². The summed E-state index contributed by atoms with van der Waals surface area (Å²) in [5.41, 5.74) is 10.8. The normalized spacial score (nSPS) is 11.3. The fourth-order valence-electron chi connectivity index (χ4n) is 7.83. The Hall–Kier alpha value is -6.13. The van der Waals surface area contributed by atoms with Gasteiger partial charge in [-0.2, -0.15) is 0 Å². The molecule has 8 aromatic rings. The van der Waals surface area contributed by atoms with Gasteiger partial charge in [-0.05, 0) is 109 Å². The van der Waals surface area contributed by atoms with Gasteiger partial charge in [0.25, 0.3) is 0 Å². The Balaban J connectivity index is 1.55. The minimum Gasteiger partial charge on any atom is -0.309 e. The molecule has 0 fully saturated rings. The van der Waals surface area contributed by atoms with Crippen molar-refractivity contribution in [2.45, 2.75) is 27.7 Å². The molecule has 0 saturated carbocycles. The van der Waals surface area contributed by atoms with Gasteiger partial charge in [0.15, 0.2) is 8.07 Å². The van der Waals surface area contributed by atoms with Gasteiger partial charge >= 0.3 is 0 Å². The number of rotatable bonds is 10. The highest BCUT2D eigenvalue weighted by Gasteiger charge is 2.43. The van der Waals surface area contributed by atoms with E-state index in [9.17, 15) is 0 Å². The second-order valence-electron chi connectivity index (χ2n) is 14.7. The van der Waals surface area contributed by atoms with Crippen LogP contribution in [0, 0.1) is 27.7 Å². The molecule has 0 aliphatic heterocycles. The molecule has 0 unspecified atom stereocenters. The predicted octanol–water partition coefficient (Wildman–Crippen LogP) is 11.9. The maximum Gasteiger partial charge on any atom is 0.179 e. The summed E-state index contributed by atoms with van der Waals surface area (Å²) in [5.74, 6) is 0. The van der Waals surface area contributed by atoms with Gasteiger partial charge in [0.1, 0.15) is 0 Å². The van der Waals surface area contributed by atoms with Crippen molar-refractivity contribution in [2.75, 3.05) is 9.80 Å². The molecule has 0 amide bonds. The summed E-state index contributed by atoms with van der Waals surface area (Å²) in [5, 5.41) is 5.78. The van der Waals surface area contributed by atoms with Crippen molar-refractivity contribution >= 4 is 74.5 Å². The standard InChI is InChI=1S/C52H45ClN2Si/c1-38-20-28-42(29-21-38)54(43-30-22-39(2)23-31-43)50-36-49(37-51(52(50)53)55(44-32-24-40(3)25-33-44)45-34-26-41(4)27-35-45)56(46-14-8-5-9-15-46,47-16-10-6-11-17-47)48-18-12-7-13-19-48/h5-37H,1-4H3. The molecule has 0 spiro atoms. The molecule has 8 aromatic carbocycles. The van der Waals surface area contributed by atoms with Crippen LogP contribution < -0.4 is 30.5 Å². The molecular formula is C52H45ClN2Si. The second-order valence-corrected chi connectivity index (χ2v) is 18.9. The number of anilines is 6. The van der Waals surface area contributed by atoms with E-state index in [-0.39, 0.29) is 0 Å². The lowest BCUT2D eigenvalue weighted by Crippen LogP contribution is -2.74. The number of nitrogens with zero attached hydrogens (tertiary/aromatic N) is 2. The van der Waals surface area contributed by atoms with Gasteiger partial charge in [-0.25, -0.2) is 0 Å². The fraction of sp³-hybridized carbons (Fsp3) is 0.0769. The highest BCUT2D eigenvalue weighted by atomic mass is 35.5. The minimum absolute atomic E-state index is 0.660. The highest BCUT2D eigenvalue weighted by molar-refractivity contribution is 7.20. The van der Waals surface area contributed by atoms with Crippen LogP contribution in [0.15, 0.2) is 200 Å². The van der Waals surface area contributed by atoms with Crippen molar-refractivity contribution in [2.24, 2.45) is 0 Å². The largest absolute Gasteiger partial charge is 0.309 e. The SMILES string of the molecule is Cc1ccc(N(c2ccc(C)cc2)c2cc([Si](c3ccccc3)(c3ccccc3)c3ccccc3)cc(N(c3ccc(C)cc3)c3ccc(C)cc3)c2Cl)cc1. The number of halogens is 1. The third-order valence-corrected chi connectivity index (χ3v) is 15.9. The minimum atomic E-state index is -3.03. The van der Waals surface area contributed by atoms with E-state index in [2.05, 4.69) is 238 Å². The van der Waals surface area contributed by atoms with Crippen molar-refractivity contribution < 1.29 is 0 Å². The van der Waals surface area contributed by atoms with Gasteiger partial charge in [0.2, 0.25) is 0 Å². The fourth-order valence-corrected chi connectivity index (χ4v) is 12.9. The van der Waals surface area contributed by atoms with Gasteiger partial charge in [-0.1, -0.05) is 173 Å². The molecule has 0 bridgehead atoms. The number of hydrogen-bond donors (Lipinski definition) is 0. The van der Waals surface area contributed by atoms with E-state index in [0.717, 1.165) is 34.1 Å². The molecule has 274 valence electrons.